The Morgan fingerprint density at radius 2 is 2.05 bits per heavy atom. The molecule has 1 fully saturated rings. The zero-order valence-corrected chi connectivity index (χ0v) is 11.0. The smallest absolute Gasteiger partial charge is 0.244 e. The highest BCUT2D eigenvalue weighted by Gasteiger charge is 2.37. The Morgan fingerprint density at radius 1 is 1.37 bits per heavy atom. The molecule has 2 amide bonds. The highest BCUT2D eigenvalue weighted by molar-refractivity contribution is 5.92. The number of nitrogens with one attached hydrogen (secondary N) is 2. The minimum atomic E-state index is -0.784. The Bertz CT molecular complexity index is 467. The summed E-state index contributed by atoms with van der Waals surface area (Å²) in [6, 6.07) is 8.25. The molecule has 2 rings (SSSR count). The van der Waals surface area contributed by atoms with Crippen LogP contribution in [-0.4, -0.2) is 23.9 Å². The molecule has 0 radical (unpaired) electrons. The molecule has 19 heavy (non-hydrogen) atoms. The molecule has 1 aliphatic heterocycles. The second kappa shape index (κ2) is 5.40. The first-order valence-electron chi connectivity index (χ1n) is 6.43. The molecule has 1 aromatic carbocycles. The fourth-order valence-corrected chi connectivity index (χ4v) is 2.34. The predicted octanol–water partition coefficient (Wildman–Crippen LogP) is 0.471. The van der Waals surface area contributed by atoms with E-state index in [9.17, 15) is 9.59 Å². The number of hydrogen-bond acceptors (Lipinski definition) is 3. The van der Waals surface area contributed by atoms with Crippen LogP contribution in [0.25, 0.3) is 0 Å². The molecule has 0 saturated carbocycles. The Morgan fingerprint density at radius 3 is 2.58 bits per heavy atom. The molecule has 0 bridgehead atoms. The molecule has 5 nitrogen and oxygen atoms in total. The van der Waals surface area contributed by atoms with Crippen LogP contribution in [0.15, 0.2) is 30.3 Å². The van der Waals surface area contributed by atoms with Crippen molar-refractivity contribution < 1.29 is 9.59 Å². The van der Waals surface area contributed by atoms with Crippen molar-refractivity contribution in [3.63, 3.8) is 0 Å². The SMILES string of the molecule is C[C@@]1(C(=O)NC(C(N)=O)c2ccccc2)CCCN1. The molecule has 0 spiro atoms. The molecule has 2 atom stereocenters. The maximum absolute atomic E-state index is 12.3. The highest BCUT2D eigenvalue weighted by atomic mass is 16.2. The van der Waals surface area contributed by atoms with Gasteiger partial charge in [0.1, 0.15) is 6.04 Å². The molecule has 102 valence electrons. The van der Waals surface area contributed by atoms with Crippen LogP contribution in [0.4, 0.5) is 0 Å². The number of amides is 2. The third kappa shape index (κ3) is 2.93. The number of hydrogen-bond donors (Lipinski definition) is 3. The number of nitrogens with two attached hydrogens (primary N) is 1. The van der Waals surface area contributed by atoms with E-state index in [0.717, 1.165) is 19.4 Å². The predicted molar refractivity (Wildman–Crippen MR) is 72.2 cm³/mol. The van der Waals surface area contributed by atoms with Gasteiger partial charge in [0.15, 0.2) is 0 Å². The number of benzene rings is 1. The van der Waals surface area contributed by atoms with Gasteiger partial charge in [-0.1, -0.05) is 30.3 Å². The van der Waals surface area contributed by atoms with Crippen molar-refractivity contribution in [3.8, 4) is 0 Å². The van der Waals surface area contributed by atoms with Crippen LogP contribution in [0.3, 0.4) is 0 Å². The molecule has 0 aromatic heterocycles. The minimum Gasteiger partial charge on any atom is -0.368 e. The van der Waals surface area contributed by atoms with Crippen LogP contribution >= 0.6 is 0 Å². The van der Waals surface area contributed by atoms with E-state index in [4.69, 9.17) is 5.73 Å². The molecular weight excluding hydrogens is 242 g/mol. The van der Waals surface area contributed by atoms with Crippen molar-refractivity contribution in [2.45, 2.75) is 31.3 Å². The largest absolute Gasteiger partial charge is 0.368 e. The summed E-state index contributed by atoms with van der Waals surface area (Å²) in [5, 5.41) is 5.90. The van der Waals surface area contributed by atoms with Gasteiger partial charge in [0, 0.05) is 0 Å². The maximum Gasteiger partial charge on any atom is 0.244 e. The second-order valence-electron chi connectivity index (χ2n) is 5.08. The molecular formula is C14H19N3O2. The number of carbonyl (C=O) groups is 2. The molecule has 1 unspecified atom stereocenters. The number of primary amides is 1. The van der Waals surface area contributed by atoms with Gasteiger partial charge in [-0.15, -0.1) is 0 Å². The lowest BCUT2D eigenvalue weighted by atomic mass is 9.97. The van der Waals surface area contributed by atoms with Crippen molar-refractivity contribution in [1.82, 2.24) is 10.6 Å². The standard InChI is InChI=1S/C14H19N3O2/c1-14(8-5-9-16-14)13(19)17-11(12(15)18)10-6-3-2-4-7-10/h2-4,6-7,11,16H,5,8-9H2,1H3,(H2,15,18)(H,17,19)/t11?,14-/m0/s1. The van der Waals surface area contributed by atoms with Crippen molar-refractivity contribution >= 4 is 11.8 Å². The maximum atomic E-state index is 12.3. The van der Waals surface area contributed by atoms with Gasteiger partial charge in [-0.05, 0) is 31.9 Å². The van der Waals surface area contributed by atoms with Crippen molar-refractivity contribution in [2.24, 2.45) is 5.73 Å². The van der Waals surface area contributed by atoms with E-state index in [0.29, 0.717) is 5.56 Å². The van der Waals surface area contributed by atoms with E-state index in [1.54, 1.807) is 12.1 Å². The Hall–Kier alpha value is -1.88. The molecule has 1 heterocycles. The van der Waals surface area contributed by atoms with Crippen molar-refractivity contribution in [3.05, 3.63) is 35.9 Å². The average Bonchev–Trinajstić information content (AvgIpc) is 2.84. The van der Waals surface area contributed by atoms with Gasteiger partial charge in [-0.25, -0.2) is 0 Å². The molecule has 1 aliphatic rings. The van der Waals surface area contributed by atoms with Gasteiger partial charge < -0.3 is 16.4 Å². The van der Waals surface area contributed by atoms with Gasteiger partial charge in [-0.3, -0.25) is 9.59 Å². The third-order valence-electron chi connectivity index (χ3n) is 3.56. The van der Waals surface area contributed by atoms with Crippen LogP contribution in [0, 0.1) is 0 Å². The summed E-state index contributed by atoms with van der Waals surface area (Å²) >= 11 is 0. The van der Waals surface area contributed by atoms with Crippen LogP contribution in [0.1, 0.15) is 31.4 Å². The van der Waals surface area contributed by atoms with E-state index >= 15 is 0 Å². The monoisotopic (exact) mass is 261 g/mol. The summed E-state index contributed by atoms with van der Waals surface area (Å²) in [5.74, 6) is -0.737. The average molecular weight is 261 g/mol. The summed E-state index contributed by atoms with van der Waals surface area (Å²) < 4.78 is 0. The van der Waals surface area contributed by atoms with Gasteiger partial charge in [0.2, 0.25) is 11.8 Å². The van der Waals surface area contributed by atoms with Gasteiger partial charge in [-0.2, -0.15) is 0 Å². The van der Waals surface area contributed by atoms with E-state index in [2.05, 4.69) is 10.6 Å². The van der Waals surface area contributed by atoms with Crippen LogP contribution in [-0.2, 0) is 9.59 Å². The zero-order chi connectivity index (χ0) is 13.9. The van der Waals surface area contributed by atoms with Gasteiger partial charge >= 0.3 is 0 Å². The second-order valence-corrected chi connectivity index (χ2v) is 5.08. The molecule has 0 aliphatic carbocycles. The van der Waals surface area contributed by atoms with E-state index in [-0.39, 0.29) is 5.91 Å². The van der Waals surface area contributed by atoms with Crippen molar-refractivity contribution in [2.75, 3.05) is 6.54 Å². The van der Waals surface area contributed by atoms with Gasteiger partial charge in [0.25, 0.3) is 0 Å². The fraction of sp³-hybridized carbons (Fsp3) is 0.429. The summed E-state index contributed by atoms with van der Waals surface area (Å²) in [7, 11) is 0. The summed E-state index contributed by atoms with van der Waals surface area (Å²) in [6.07, 6.45) is 1.72. The van der Waals surface area contributed by atoms with E-state index in [1.165, 1.54) is 0 Å². The van der Waals surface area contributed by atoms with Crippen LogP contribution in [0.5, 0.6) is 0 Å². The summed E-state index contributed by atoms with van der Waals surface area (Å²) in [6.45, 7) is 2.66. The fourth-order valence-electron chi connectivity index (χ4n) is 2.34. The third-order valence-corrected chi connectivity index (χ3v) is 3.56. The first-order valence-corrected chi connectivity index (χ1v) is 6.43. The topological polar surface area (TPSA) is 84.2 Å². The van der Waals surface area contributed by atoms with E-state index in [1.807, 2.05) is 25.1 Å². The highest BCUT2D eigenvalue weighted by Crippen LogP contribution is 2.20. The van der Waals surface area contributed by atoms with Crippen LogP contribution < -0.4 is 16.4 Å². The Kier molecular flexibility index (Phi) is 3.85. The molecule has 1 saturated heterocycles. The number of carbonyl (C=O) groups excluding carboxylic acids is 2. The van der Waals surface area contributed by atoms with Crippen LogP contribution in [0.2, 0.25) is 0 Å². The molecule has 5 heteroatoms. The zero-order valence-electron chi connectivity index (χ0n) is 11.0. The van der Waals surface area contributed by atoms with Crippen molar-refractivity contribution in [1.29, 1.82) is 0 Å². The Balaban J connectivity index is 2.14. The lowest BCUT2D eigenvalue weighted by molar-refractivity contribution is -0.131. The normalized spacial score (nSPS) is 23.8. The molecule has 1 aromatic rings. The summed E-state index contributed by atoms with van der Waals surface area (Å²) in [5.41, 5.74) is 5.48. The number of rotatable bonds is 4. The quantitative estimate of drug-likeness (QED) is 0.736. The first-order chi connectivity index (χ1) is 9.03. The molecule has 4 N–H and O–H groups in total. The lowest BCUT2D eigenvalue weighted by Gasteiger charge is -2.26. The minimum absolute atomic E-state index is 0.183. The Labute approximate surface area is 112 Å². The summed E-state index contributed by atoms with van der Waals surface area (Å²) in [4.78, 5) is 23.8. The lowest BCUT2D eigenvalue weighted by Crippen LogP contribution is -2.53. The van der Waals surface area contributed by atoms with Gasteiger partial charge in [0.05, 0.1) is 5.54 Å². The first kappa shape index (κ1) is 13.5. The van der Waals surface area contributed by atoms with E-state index < -0.39 is 17.5 Å².